The van der Waals surface area contributed by atoms with Crippen LogP contribution in [0.2, 0.25) is 10.0 Å². The fourth-order valence-electron chi connectivity index (χ4n) is 1.90. The first-order valence-corrected chi connectivity index (χ1v) is 7.43. The Kier molecular flexibility index (Phi) is 6.10. The smallest absolute Gasteiger partial charge is 0.416 e. The van der Waals surface area contributed by atoms with Crippen LogP contribution < -0.4 is 10.1 Å². The minimum Gasteiger partial charge on any atom is -0.475 e. The van der Waals surface area contributed by atoms with Crippen molar-refractivity contribution in [2.45, 2.75) is 12.7 Å². The van der Waals surface area contributed by atoms with Gasteiger partial charge in [-0.3, -0.25) is 0 Å². The Hall–Kier alpha value is -1.50. The van der Waals surface area contributed by atoms with E-state index in [0.717, 1.165) is 6.07 Å². The zero-order chi connectivity index (χ0) is 16.9. The first-order valence-electron chi connectivity index (χ1n) is 6.67. The van der Waals surface area contributed by atoms with E-state index in [2.05, 4.69) is 10.3 Å². The Labute approximate surface area is 141 Å². The Morgan fingerprint density at radius 3 is 2.61 bits per heavy atom. The molecule has 1 N–H and O–H groups in total. The molecule has 1 aromatic carbocycles. The van der Waals surface area contributed by atoms with Gasteiger partial charge in [-0.15, -0.1) is 0 Å². The van der Waals surface area contributed by atoms with Crippen molar-refractivity contribution in [2.75, 3.05) is 13.2 Å². The largest absolute Gasteiger partial charge is 0.475 e. The van der Waals surface area contributed by atoms with Crippen LogP contribution in [0.1, 0.15) is 11.1 Å². The molecular formula is C15H13Cl2F3N2O. The van der Waals surface area contributed by atoms with Crippen LogP contribution in [-0.2, 0) is 12.7 Å². The SMILES string of the molecule is FC(F)(F)c1ccccc1CNCCOc1ncc(Cl)cc1Cl. The predicted molar refractivity (Wildman–Crippen MR) is 82.9 cm³/mol. The van der Waals surface area contributed by atoms with Gasteiger partial charge in [-0.1, -0.05) is 41.4 Å². The van der Waals surface area contributed by atoms with E-state index in [4.69, 9.17) is 27.9 Å². The maximum Gasteiger partial charge on any atom is 0.416 e. The number of hydrogen-bond donors (Lipinski definition) is 1. The highest BCUT2D eigenvalue weighted by molar-refractivity contribution is 6.35. The number of nitrogens with zero attached hydrogens (tertiary/aromatic N) is 1. The number of hydrogen-bond acceptors (Lipinski definition) is 3. The van der Waals surface area contributed by atoms with E-state index in [1.165, 1.54) is 24.4 Å². The first kappa shape index (κ1) is 17.8. The standard InChI is InChI=1S/C15H13Cl2F3N2O/c16-11-7-13(17)14(22-9-11)23-6-5-21-8-10-3-1-2-4-12(10)15(18,19)20/h1-4,7,9,21H,5-6,8H2. The summed E-state index contributed by atoms with van der Waals surface area (Å²) in [6, 6.07) is 6.93. The zero-order valence-corrected chi connectivity index (χ0v) is 13.3. The van der Waals surface area contributed by atoms with Crippen LogP contribution >= 0.6 is 23.2 Å². The Balaban J connectivity index is 1.82. The molecule has 3 nitrogen and oxygen atoms in total. The Morgan fingerprint density at radius 2 is 1.91 bits per heavy atom. The van der Waals surface area contributed by atoms with Gasteiger partial charge >= 0.3 is 6.18 Å². The molecule has 0 amide bonds. The van der Waals surface area contributed by atoms with Gasteiger partial charge in [0.15, 0.2) is 0 Å². The van der Waals surface area contributed by atoms with Crippen LogP contribution in [-0.4, -0.2) is 18.1 Å². The van der Waals surface area contributed by atoms with E-state index < -0.39 is 11.7 Å². The minimum absolute atomic E-state index is 0.0841. The summed E-state index contributed by atoms with van der Waals surface area (Å²) in [7, 11) is 0. The average Bonchev–Trinajstić information content (AvgIpc) is 2.48. The van der Waals surface area contributed by atoms with Crippen molar-refractivity contribution in [1.82, 2.24) is 10.3 Å². The van der Waals surface area contributed by atoms with Gasteiger partial charge in [0.1, 0.15) is 11.6 Å². The number of rotatable bonds is 6. The summed E-state index contributed by atoms with van der Waals surface area (Å²) in [6.45, 7) is 0.635. The van der Waals surface area contributed by atoms with Gasteiger partial charge < -0.3 is 10.1 Å². The van der Waals surface area contributed by atoms with E-state index in [-0.39, 0.29) is 29.6 Å². The number of pyridine rings is 1. The van der Waals surface area contributed by atoms with Gasteiger partial charge in [-0.25, -0.2) is 4.98 Å². The molecule has 0 bridgehead atoms. The van der Waals surface area contributed by atoms with Crippen molar-refractivity contribution in [2.24, 2.45) is 0 Å². The van der Waals surface area contributed by atoms with Crippen molar-refractivity contribution in [1.29, 1.82) is 0 Å². The summed E-state index contributed by atoms with van der Waals surface area (Å²) in [5.74, 6) is 0.230. The van der Waals surface area contributed by atoms with Crippen LogP contribution in [0.4, 0.5) is 13.2 Å². The molecule has 1 aromatic heterocycles. The van der Waals surface area contributed by atoms with E-state index >= 15 is 0 Å². The zero-order valence-electron chi connectivity index (χ0n) is 11.8. The number of benzene rings is 1. The second kappa shape index (κ2) is 7.86. The lowest BCUT2D eigenvalue weighted by Gasteiger charge is -2.13. The molecule has 0 atom stereocenters. The molecule has 124 valence electrons. The Morgan fingerprint density at radius 1 is 1.17 bits per heavy atom. The molecule has 0 aliphatic carbocycles. The first-order chi connectivity index (χ1) is 10.9. The predicted octanol–water partition coefficient (Wildman–Crippen LogP) is 4.58. The molecule has 2 rings (SSSR count). The van der Waals surface area contributed by atoms with Gasteiger partial charge in [0, 0.05) is 19.3 Å². The highest BCUT2D eigenvalue weighted by Gasteiger charge is 2.32. The molecule has 23 heavy (non-hydrogen) atoms. The molecule has 0 fully saturated rings. The summed E-state index contributed by atoms with van der Waals surface area (Å²) < 4.78 is 43.8. The van der Waals surface area contributed by atoms with Crippen LogP contribution in [0.15, 0.2) is 36.5 Å². The van der Waals surface area contributed by atoms with E-state index in [1.54, 1.807) is 6.07 Å². The van der Waals surface area contributed by atoms with Crippen molar-refractivity contribution < 1.29 is 17.9 Å². The fraction of sp³-hybridized carbons (Fsp3) is 0.267. The van der Waals surface area contributed by atoms with Crippen molar-refractivity contribution in [3.05, 3.63) is 57.7 Å². The van der Waals surface area contributed by atoms with Gasteiger partial charge in [0.05, 0.1) is 10.6 Å². The summed E-state index contributed by atoms with van der Waals surface area (Å²) in [4.78, 5) is 3.92. The maximum absolute atomic E-state index is 12.8. The molecule has 0 radical (unpaired) electrons. The topological polar surface area (TPSA) is 34.1 Å². The fourth-order valence-corrected chi connectivity index (χ4v) is 2.34. The minimum atomic E-state index is -4.37. The average molecular weight is 365 g/mol. The van der Waals surface area contributed by atoms with Gasteiger partial charge in [-0.05, 0) is 17.7 Å². The lowest BCUT2D eigenvalue weighted by atomic mass is 10.1. The lowest BCUT2D eigenvalue weighted by molar-refractivity contribution is -0.138. The van der Waals surface area contributed by atoms with Crippen LogP contribution in [0.3, 0.4) is 0 Å². The number of alkyl halides is 3. The Bertz CT molecular complexity index is 665. The van der Waals surface area contributed by atoms with E-state index in [1.807, 2.05) is 0 Å². The summed E-state index contributed by atoms with van der Waals surface area (Å²) in [6.07, 6.45) is -2.97. The van der Waals surface area contributed by atoms with Crippen molar-refractivity contribution in [3.8, 4) is 5.88 Å². The number of halogens is 5. The molecule has 8 heteroatoms. The lowest BCUT2D eigenvalue weighted by Crippen LogP contribution is -2.22. The molecule has 0 saturated heterocycles. The van der Waals surface area contributed by atoms with Crippen molar-refractivity contribution >= 4 is 23.2 Å². The number of aromatic nitrogens is 1. The van der Waals surface area contributed by atoms with Gasteiger partial charge in [0.25, 0.3) is 0 Å². The van der Waals surface area contributed by atoms with Crippen LogP contribution in [0.25, 0.3) is 0 Å². The third-order valence-corrected chi connectivity index (χ3v) is 3.41. The van der Waals surface area contributed by atoms with Crippen LogP contribution in [0.5, 0.6) is 5.88 Å². The second-order valence-corrected chi connectivity index (χ2v) is 5.46. The number of nitrogens with one attached hydrogen (secondary N) is 1. The van der Waals surface area contributed by atoms with Gasteiger partial charge in [0.2, 0.25) is 5.88 Å². The summed E-state index contributed by atoms with van der Waals surface area (Å²) >= 11 is 11.6. The van der Waals surface area contributed by atoms with Gasteiger partial charge in [-0.2, -0.15) is 13.2 Å². The van der Waals surface area contributed by atoms with E-state index in [0.29, 0.717) is 11.6 Å². The maximum atomic E-state index is 12.8. The molecule has 1 heterocycles. The molecule has 0 unspecified atom stereocenters. The number of ether oxygens (including phenoxy) is 1. The summed E-state index contributed by atoms with van der Waals surface area (Å²) in [5, 5.41) is 3.56. The molecule has 0 aliphatic rings. The molecule has 0 saturated carbocycles. The monoisotopic (exact) mass is 364 g/mol. The normalized spacial score (nSPS) is 11.5. The molecule has 2 aromatic rings. The highest BCUT2D eigenvalue weighted by atomic mass is 35.5. The van der Waals surface area contributed by atoms with Crippen LogP contribution in [0, 0.1) is 0 Å². The highest BCUT2D eigenvalue weighted by Crippen LogP contribution is 2.31. The molecule has 0 aliphatic heterocycles. The second-order valence-electron chi connectivity index (χ2n) is 4.62. The third-order valence-electron chi connectivity index (χ3n) is 2.93. The van der Waals surface area contributed by atoms with Crippen molar-refractivity contribution in [3.63, 3.8) is 0 Å². The van der Waals surface area contributed by atoms with E-state index in [9.17, 15) is 13.2 Å². The summed E-state index contributed by atoms with van der Waals surface area (Å²) in [5.41, 5.74) is -0.460. The third kappa shape index (κ3) is 5.27. The molecular weight excluding hydrogens is 352 g/mol. The molecule has 0 spiro atoms. The quantitative estimate of drug-likeness (QED) is 0.762.